The lowest BCUT2D eigenvalue weighted by Crippen LogP contribution is -2.29. The molecule has 8 nitrogen and oxygen atoms in total. The molecule has 0 aromatic heterocycles. The molecule has 0 aliphatic rings. The van der Waals surface area contributed by atoms with Gasteiger partial charge in [0.25, 0.3) is 0 Å². The van der Waals surface area contributed by atoms with Crippen molar-refractivity contribution in [1.29, 1.82) is 0 Å². The second-order valence-corrected chi connectivity index (χ2v) is 12.0. The maximum Gasteiger partial charge on any atom is 0.469 e. The average molecular weight is 579 g/mol. The van der Waals surface area contributed by atoms with E-state index in [9.17, 15) is 14.2 Å². The van der Waals surface area contributed by atoms with Crippen molar-refractivity contribution >= 4 is 19.8 Å². The fourth-order valence-corrected chi connectivity index (χ4v) is 4.85. The first-order valence-electron chi connectivity index (χ1n) is 15.8. The minimum Gasteiger partial charge on any atom is -0.462 e. The first-order chi connectivity index (χ1) is 18.8. The fourth-order valence-electron chi connectivity index (χ4n) is 4.49. The van der Waals surface area contributed by atoms with E-state index in [-0.39, 0.29) is 19.4 Å². The molecule has 0 fully saturated rings. The Labute approximate surface area is 238 Å². The van der Waals surface area contributed by atoms with Crippen molar-refractivity contribution in [3.05, 3.63) is 0 Å². The molecule has 0 spiro atoms. The molecule has 0 rings (SSSR count). The maximum atomic E-state index is 12.2. The highest BCUT2D eigenvalue weighted by molar-refractivity contribution is 7.46. The Morgan fingerprint density at radius 1 is 0.564 bits per heavy atom. The quantitative estimate of drug-likeness (QED) is 0.0514. The van der Waals surface area contributed by atoms with E-state index >= 15 is 0 Å². The predicted molar refractivity (Wildman–Crippen MR) is 156 cm³/mol. The molecule has 232 valence electrons. The van der Waals surface area contributed by atoms with Crippen LogP contribution >= 0.6 is 7.82 Å². The lowest BCUT2D eigenvalue weighted by molar-refractivity contribution is -0.161. The molecule has 0 radical (unpaired) electrons. The lowest BCUT2D eigenvalue weighted by Gasteiger charge is -2.18. The van der Waals surface area contributed by atoms with Crippen molar-refractivity contribution < 1.29 is 37.9 Å². The van der Waals surface area contributed by atoms with Gasteiger partial charge >= 0.3 is 19.8 Å². The third-order valence-electron chi connectivity index (χ3n) is 6.88. The van der Waals surface area contributed by atoms with Crippen LogP contribution in [0.25, 0.3) is 0 Å². The highest BCUT2D eigenvalue weighted by Crippen LogP contribution is 2.35. The molecule has 2 N–H and O–H groups in total. The SMILES string of the molecule is CCCCCCCCCCCCCCCCC(=O)O[C@H](COC(=O)CCCCCCCCC)COP(=O)(O)O. The number of rotatable bonds is 29. The Morgan fingerprint density at radius 2 is 0.923 bits per heavy atom. The van der Waals surface area contributed by atoms with E-state index in [4.69, 9.17) is 19.3 Å². The van der Waals surface area contributed by atoms with Crippen LogP contribution in [0, 0.1) is 0 Å². The van der Waals surface area contributed by atoms with E-state index in [1.807, 2.05) is 0 Å². The van der Waals surface area contributed by atoms with Gasteiger partial charge in [0, 0.05) is 12.8 Å². The molecule has 1 atom stereocenters. The monoisotopic (exact) mass is 578 g/mol. The summed E-state index contributed by atoms with van der Waals surface area (Å²) in [5.74, 6) is -0.885. The third-order valence-corrected chi connectivity index (χ3v) is 7.36. The molecule has 9 heteroatoms. The zero-order valence-corrected chi connectivity index (χ0v) is 25.9. The number of hydrogen-bond acceptors (Lipinski definition) is 6. The Morgan fingerprint density at radius 3 is 1.31 bits per heavy atom. The molecular formula is C30H59O8P. The number of phosphoric acid groups is 1. The molecule has 0 aromatic carbocycles. The highest BCUT2D eigenvalue weighted by atomic mass is 31.2. The van der Waals surface area contributed by atoms with Crippen LogP contribution < -0.4 is 0 Å². The van der Waals surface area contributed by atoms with E-state index in [2.05, 4.69) is 18.4 Å². The molecule has 0 amide bonds. The van der Waals surface area contributed by atoms with Crippen LogP contribution in [0.1, 0.15) is 162 Å². The lowest BCUT2D eigenvalue weighted by atomic mass is 10.0. The number of esters is 2. The van der Waals surface area contributed by atoms with Gasteiger partial charge in [0.1, 0.15) is 6.61 Å². The Kier molecular flexibility index (Phi) is 26.6. The molecule has 0 saturated carbocycles. The zero-order chi connectivity index (χ0) is 29.0. The van der Waals surface area contributed by atoms with Crippen LogP contribution in [0.15, 0.2) is 0 Å². The topological polar surface area (TPSA) is 119 Å². The summed E-state index contributed by atoms with van der Waals surface area (Å²) in [5, 5.41) is 0. The van der Waals surface area contributed by atoms with Gasteiger partial charge in [-0.2, -0.15) is 0 Å². The summed E-state index contributed by atoms with van der Waals surface area (Å²) >= 11 is 0. The van der Waals surface area contributed by atoms with E-state index in [1.54, 1.807) is 0 Å². The van der Waals surface area contributed by atoms with E-state index in [0.717, 1.165) is 32.1 Å². The summed E-state index contributed by atoms with van der Waals surface area (Å²) in [6.07, 6.45) is 24.2. The standard InChI is InChI=1S/C30H59O8P/c1-3-5-7-9-11-12-13-14-15-16-17-19-21-23-25-30(32)38-28(27-37-39(33,34)35)26-36-29(31)24-22-20-18-10-8-6-4-2/h28H,3-27H2,1-2H3,(H2,33,34,35)/t28-/m1/s1. The molecule has 0 aromatic rings. The average Bonchev–Trinajstić information content (AvgIpc) is 2.89. The molecule has 39 heavy (non-hydrogen) atoms. The van der Waals surface area contributed by atoms with Crippen molar-refractivity contribution in [3.8, 4) is 0 Å². The number of phosphoric ester groups is 1. The van der Waals surface area contributed by atoms with Crippen LogP contribution in [0.4, 0.5) is 0 Å². The van der Waals surface area contributed by atoms with Gasteiger partial charge in [-0.1, -0.05) is 136 Å². The second kappa shape index (κ2) is 27.2. The molecule has 0 heterocycles. The number of ether oxygens (including phenoxy) is 2. The summed E-state index contributed by atoms with van der Waals surface area (Å²) in [4.78, 5) is 42.2. The summed E-state index contributed by atoms with van der Waals surface area (Å²) in [5.41, 5.74) is 0. The van der Waals surface area contributed by atoms with Gasteiger partial charge in [-0.05, 0) is 12.8 Å². The number of carbonyl (C=O) groups is 2. The molecule has 0 unspecified atom stereocenters. The van der Waals surface area contributed by atoms with Gasteiger partial charge in [-0.3, -0.25) is 14.1 Å². The van der Waals surface area contributed by atoms with Crippen LogP contribution in [0.2, 0.25) is 0 Å². The smallest absolute Gasteiger partial charge is 0.462 e. The van der Waals surface area contributed by atoms with Crippen LogP contribution in [0.5, 0.6) is 0 Å². The van der Waals surface area contributed by atoms with Crippen LogP contribution in [0.3, 0.4) is 0 Å². The Balaban J connectivity index is 3.97. The summed E-state index contributed by atoms with van der Waals surface area (Å²) < 4.78 is 26.1. The van der Waals surface area contributed by atoms with Gasteiger partial charge in [0.2, 0.25) is 0 Å². The van der Waals surface area contributed by atoms with Crippen LogP contribution in [-0.2, 0) is 28.2 Å². The largest absolute Gasteiger partial charge is 0.469 e. The van der Waals surface area contributed by atoms with Crippen molar-refractivity contribution in [3.63, 3.8) is 0 Å². The second-order valence-electron chi connectivity index (χ2n) is 10.8. The van der Waals surface area contributed by atoms with Crippen molar-refractivity contribution in [2.45, 2.75) is 168 Å². The molecule has 0 bridgehead atoms. The van der Waals surface area contributed by atoms with Crippen LogP contribution in [-0.4, -0.2) is 41.0 Å². The van der Waals surface area contributed by atoms with E-state index in [0.29, 0.717) is 6.42 Å². The normalized spacial score (nSPS) is 12.4. The first kappa shape index (κ1) is 38.0. The van der Waals surface area contributed by atoms with Gasteiger partial charge < -0.3 is 19.3 Å². The minimum atomic E-state index is -4.73. The Hall–Kier alpha value is -0.950. The van der Waals surface area contributed by atoms with Gasteiger partial charge in [-0.15, -0.1) is 0 Å². The molecule has 0 saturated heterocycles. The minimum absolute atomic E-state index is 0.219. The number of carbonyl (C=O) groups excluding carboxylic acids is 2. The highest BCUT2D eigenvalue weighted by Gasteiger charge is 2.22. The molecule has 0 aliphatic carbocycles. The summed E-state index contributed by atoms with van der Waals surface area (Å²) in [7, 11) is -4.73. The number of hydrogen-bond donors (Lipinski definition) is 2. The summed E-state index contributed by atoms with van der Waals surface area (Å²) in [6.45, 7) is 3.61. The maximum absolute atomic E-state index is 12.2. The zero-order valence-electron chi connectivity index (χ0n) is 25.0. The first-order valence-corrected chi connectivity index (χ1v) is 17.4. The molecule has 0 aliphatic heterocycles. The predicted octanol–water partition coefficient (Wildman–Crippen LogP) is 8.56. The fraction of sp³-hybridized carbons (Fsp3) is 0.933. The van der Waals surface area contributed by atoms with Gasteiger partial charge in [0.05, 0.1) is 6.61 Å². The Bertz CT molecular complexity index is 622. The van der Waals surface area contributed by atoms with Crippen molar-refractivity contribution in [1.82, 2.24) is 0 Å². The van der Waals surface area contributed by atoms with Crippen molar-refractivity contribution in [2.24, 2.45) is 0 Å². The number of unbranched alkanes of at least 4 members (excludes halogenated alkanes) is 19. The van der Waals surface area contributed by atoms with Crippen molar-refractivity contribution in [2.75, 3.05) is 13.2 Å². The van der Waals surface area contributed by atoms with Gasteiger partial charge in [0.15, 0.2) is 6.10 Å². The summed E-state index contributed by atoms with van der Waals surface area (Å²) in [6, 6.07) is 0. The van der Waals surface area contributed by atoms with Gasteiger partial charge in [-0.25, -0.2) is 4.57 Å². The van der Waals surface area contributed by atoms with E-state index < -0.39 is 32.5 Å². The molecular weight excluding hydrogens is 519 g/mol. The third kappa shape index (κ3) is 29.8. The van der Waals surface area contributed by atoms with E-state index in [1.165, 1.54) is 96.3 Å².